The van der Waals surface area contributed by atoms with Gasteiger partial charge in [-0.05, 0) is 12.8 Å². The average Bonchev–Trinajstić information content (AvgIpc) is 2.31. The van der Waals surface area contributed by atoms with Crippen LogP contribution in [0.15, 0.2) is 6.33 Å². The molecule has 0 radical (unpaired) electrons. The Bertz CT molecular complexity index is 353. The summed E-state index contributed by atoms with van der Waals surface area (Å²) in [7, 11) is 1.55. The van der Waals surface area contributed by atoms with Crippen LogP contribution in [0, 0.1) is 0 Å². The van der Waals surface area contributed by atoms with Crippen LogP contribution in [0.2, 0.25) is 0 Å². The Morgan fingerprint density at radius 3 is 3.12 bits per heavy atom. The molecule has 2 rings (SSSR count). The minimum Gasteiger partial charge on any atom is -0.490 e. The van der Waals surface area contributed by atoms with Gasteiger partial charge in [-0.2, -0.15) is 0 Å². The van der Waals surface area contributed by atoms with Gasteiger partial charge in [-0.25, -0.2) is 9.97 Å². The number of nitrogens with one attached hydrogen (secondary N) is 1. The highest BCUT2D eigenvalue weighted by molar-refractivity contribution is 5.61. The van der Waals surface area contributed by atoms with Crippen molar-refractivity contribution < 1.29 is 9.47 Å². The first-order valence-electron chi connectivity index (χ1n) is 5.30. The number of aromatic nitrogens is 2. The SMILES string of the molecule is COc1c(N)ncnc1NC1CCCOC1. The van der Waals surface area contributed by atoms with Crippen molar-refractivity contribution in [1.82, 2.24) is 9.97 Å². The summed E-state index contributed by atoms with van der Waals surface area (Å²) in [5, 5.41) is 3.26. The van der Waals surface area contributed by atoms with Crippen molar-refractivity contribution in [2.75, 3.05) is 31.4 Å². The number of hydrogen-bond donors (Lipinski definition) is 2. The van der Waals surface area contributed by atoms with Crippen LogP contribution in [0.4, 0.5) is 11.6 Å². The first-order valence-corrected chi connectivity index (χ1v) is 5.30. The first-order chi connectivity index (χ1) is 7.81. The molecule has 0 amide bonds. The maximum atomic E-state index is 5.69. The third-order valence-corrected chi connectivity index (χ3v) is 2.54. The Balaban J connectivity index is 2.10. The summed E-state index contributed by atoms with van der Waals surface area (Å²) in [6, 6.07) is 0.261. The van der Waals surface area contributed by atoms with Crippen LogP contribution in [0.5, 0.6) is 5.75 Å². The Labute approximate surface area is 94.2 Å². The molecule has 1 atom stereocenters. The molecule has 0 spiro atoms. The number of nitrogens with two attached hydrogens (primary N) is 1. The molecule has 1 aliphatic rings. The predicted octanol–water partition coefficient (Wildman–Crippen LogP) is 0.658. The molecule has 1 aromatic heterocycles. The summed E-state index contributed by atoms with van der Waals surface area (Å²) in [6.07, 6.45) is 3.54. The number of nitrogens with zero attached hydrogens (tertiary/aromatic N) is 2. The van der Waals surface area contributed by atoms with Crippen LogP contribution in [-0.2, 0) is 4.74 Å². The number of rotatable bonds is 3. The van der Waals surface area contributed by atoms with E-state index in [0.717, 1.165) is 19.4 Å². The van der Waals surface area contributed by atoms with Gasteiger partial charge in [0, 0.05) is 6.61 Å². The van der Waals surface area contributed by atoms with Gasteiger partial charge >= 0.3 is 0 Å². The topological polar surface area (TPSA) is 82.3 Å². The monoisotopic (exact) mass is 224 g/mol. The summed E-state index contributed by atoms with van der Waals surface area (Å²) in [5.74, 6) is 1.47. The van der Waals surface area contributed by atoms with Gasteiger partial charge in [0.15, 0.2) is 11.6 Å². The minimum absolute atomic E-state index is 0.261. The highest BCUT2D eigenvalue weighted by Gasteiger charge is 2.17. The van der Waals surface area contributed by atoms with E-state index in [9.17, 15) is 0 Å². The van der Waals surface area contributed by atoms with Crippen molar-refractivity contribution in [1.29, 1.82) is 0 Å². The molecular formula is C10H16N4O2. The molecule has 88 valence electrons. The fourth-order valence-corrected chi connectivity index (χ4v) is 1.74. The predicted molar refractivity (Wildman–Crippen MR) is 60.5 cm³/mol. The van der Waals surface area contributed by atoms with E-state index < -0.39 is 0 Å². The largest absolute Gasteiger partial charge is 0.490 e. The Morgan fingerprint density at radius 2 is 2.44 bits per heavy atom. The third kappa shape index (κ3) is 2.33. The van der Waals surface area contributed by atoms with Crippen LogP contribution >= 0.6 is 0 Å². The molecule has 1 unspecified atom stereocenters. The fraction of sp³-hybridized carbons (Fsp3) is 0.600. The molecule has 0 bridgehead atoms. The van der Waals surface area contributed by atoms with Crippen molar-refractivity contribution in [3.8, 4) is 5.75 Å². The quantitative estimate of drug-likeness (QED) is 0.784. The molecule has 2 heterocycles. The number of hydrogen-bond acceptors (Lipinski definition) is 6. The number of ether oxygens (including phenoxy) is 2. The highest BCUT2D eigenvalue weighted by Crippen LogP contribution is 2.27. The van der Waals surface area contributed by atoms with Gasteiger partial charge in [0.1, 0.15) is 6.33 Å². The molecule has 16 heavy (non-hydrogen) atoms. The summed E-state index contributed by atoms with van der Waals surface area (Å²) < 4.78 is 10.5. The van der Waals surface area contributed by atoms with E-state index in [2.05, 4.69) is 15.3 Å². The second kappa shape index (κ2) is 4.98. The lowest BCUT2D eigenvalue weighted by atomic mass is 10.1. The van der Waals surface area contributed by atoms with E-state index in [-0.39, 0.29) is 6.04 Å². The second-order valence-corrected chi connectivity index (χ2v) is 3.70. The normalized spacial score (nSPS) is 20.4. The first kappa shape index (κ1) is 10.9. The standard InChI is InChI=1S/C10H16N4O2/c1-15-8-9(11)12-6-13-10(8)14-7-3-2-4-16-5-7/h6-7H,2-5H2,1H3,(H3,11,12,13,14). The van der Waals surface area contributed by atoms with E-state index in [1.807, 2.05) is 0 Å². The molecule has 1 saturated heterocycles. The van der Waals surface area contributed by atoms with E-state index in [1.165, 1.54) is 6.33 Å². The Kier molecular flexibility index (Phi) is 3.40. The number of nitrogen functional groups attached to an aromatic ring is 1. The van der Waals surface area contributed by atoms with E-state index >= 15 is 0 Å². The third-order valence-electron chi connectivity index (χ3n) is 2.54. The van der Waals surface area contributed by atoms with Crippen molar-refractivity contribution in [2.24, 2.45) is 0 Å². The van der Waals surface area contributed by atoms with Gasteiger partial charge in [-0.1, -0.05) is 0 Å². The van der Waals surface area contributed by atoms with Crippen LogP contribution in [0.3, 0.4) is 0 Å². The smallest absolute Gasteiger partial charge is 0.203 e. The van der Waals surface area contributed by atoms with E-state index in [0.29, 0.717) is 24.0 Å². The fourth-order valence-electron chi connectivity index (χ4n) is 1.74. The molecule has 3 N–H and O–H groups in total. The number of methoxy groups -OCH3 is 1. The van der Waals surface area contributed by atoms with Gasteiger partial charge < -0.3 is 20.5 Å². The van der Waals surface area contributed by atoms with Crippen molar-refractivity contribution >= 4 is 11.6 Å². The zero-order chi connectivity index (χ0) is 11.4. The number of anilines is 2. The van der Waals surface area contributed by atoms with Crippen molar-refractivity contribution in [3.05, 3.63) is 6.33 Å². The summed E-state index contributed by atoms with van der Waals surface area (Å²) in [4.78, 5) is 8.00. The second-order valence-electron chi connectivity index (χ2n) is 3.70. The maximum absolute atomic E-state index is 5.69. The molecule has 1 fully saturated rings. The van der Waals surface area contributed by atoms with Crippen molar-refractivity contribution in [3.63, 3.8) is 0 Å². The molecule has 0 aromatic carbocycles. The molecular weight excluding hydrogens is 208 g/mol. The van der Waals surface area contributed by atoms with E-state index in [1.54, 1.807) is 7.11 Å². The highest BCUT2D eigenvalue weighted by atomic mass is 16.5. The minimum atomic E-state index is 0.261. The zero-order valence-electron chi connectivity index (χ0n) is 9.27. The summed E-state index contributed by atoms with van der Waals surface area (Å²) in [5.41, 5.74) is 5.69. The van der Waals surface area contributed by atoms with E-state index in [4.69, 9.17) is 15.2 Å². The Hall–Kier alpha value is -1.56. The molecule has 6 heteroatoms. The molecule has 1 aromatic rings. The van der Waals surface area contributed by atoms with Crippen molar-refractivity contribution in [2.45, 2.75) is 18.9 Å². The lowest BCUT2D eigenvalue weighted by molar-refractivity contribution is 0.0874. The lowest BCUT2D eigenvalue weighted by Gasteiger charge is -2.24. The summed E-state index contributed by atoms with van der Waals surface area (Å²) in [6.45, 7) is 1.52. The Morgan fingerprint density at radius 1 is 1.56 bits per heavy atom. The van der Waals surface area contributed by atoms with Crippen LogP contribution in [0.25, 0.3) is 0 Å². The van der Waals surface area contributed by atoms with Gasteiger partial charge in [-0.15, -0.1) is 0 Å². The molecule has 0 aliphatic carbocycles. The van der Waals surface area contributed by atoms with Gasteiger partial charge in [0.05, 0.1) is 19.8 Å². The van der Waals surface area contributed by atoms with Gasteiger partial charge in [0.2, 0.25) is 5.75 Å². The van der Waals surface area contributed by atoms with Gasteiger partial charge in [-0.3, -0.25) is 0 Å². The maximum Gasteiger partial charge on any atom is 0.203 e. The zero-order valence-corrected chi connectivity index (χ0v) is 9.27. The average molecular weight is 224 g/mol. The van der Waals surface area contributed by atoms with Crippen LogP contribution in [-0.4, -0.2) is 36.3 Å². The van der Waals surface area contributed by atoms with Gasteiger partial charge in [0.25, 0.3) is 0 Å². The lowest BCUT2D eigenvalue weighted by Crippen LogP contribution is -2.30. The molecule has 1 aliphatic heterocycles. The molecule has 6 nitrogen and oxygen atoms in total. The van der Waals surface area contributed by atoms with Crippen LogP contribution < -0.4 is 15.8 Å². The van der Waals surface area contributed by atoms with Crippen LogP contribution in [0.1, 0.15) is 12.8 Å². The molecule has 0 saturated carbocycles. The summed E-state index contributed by atoms with van der Waals surface area (Å²) >= 11 is 0.